The minimum Gasteiger partial charge on any atom is -0.462 e. The number of rotatable bonds is 5. The second-order valence-electron chi connectivity index (χ2n) is 8.81. The van der Waals surface area contributed by atoms with Crippen molar-refractivity contribution in [2.24, 2.45) is 11.8 Å². The summed E-state index contributed by atoms with van der Waals surface area (Å²) < 4.78 is 84.2. The molecule has 4 atom stereocenters. The number of fused-ring (bicyclic) bond motifs is 3. The van der Waals surface area contributed by atoms with E-state index in [-0.39, 0.29) is 35.4 Å². The summed E-state index contributed by atoms with van der Waals surface area (Å²) in [5.74, 6) is 0.193. The molecule has 0 aromatic carbocycles. The molecule has 14 heteroatoms. The van der Waals surface area contributed by atoms with Crippen molar-refractivity contribution < 1.29 is 31.1 Å². The number of aromatic nitrogens is 5. The molecule has 0 radical (unpaired) electrons. The minimum absolute atomic E-state index is 0.0287. The molecule has 3 aromatic rings. The van der Waals surface area contributed by atoms with Gasteiger partial charge < -0.3 is 15.0 Å². The van der Waals surface area contributed by atoms with Gasteiger partial charge >= 0.3 is 12.4 Å². The van der Waals surface area contributed by atoms with E-state index in [1.165, 1.54) is 23.1 Å². The van der Waals surface area contributed by atoms with Crippen LogP contribution in [0, 0.1) is 11.8 Å². The van der Waals surface area contributed by atoms with Crippen molar-refractivity contribution in [3.63, 3.8) is 0 Å². The van der Waals surface area contributed by atoms with Gasteiger partial charge in [0.2, 0.25) is 11.6 Å². The fourth-order valence-electron chi connectivity index (χ4n) is 4.76. The van der Waals surface area contributed by atoms with E-state index in [1.807, 2.05) is 4.90 Å². The highest BCUT2D eigenvalue weighted by atomic mass is 19.4. The molecule has 1 aliphatic carbocycles. The normalized spacial score (nSPS) is 23.5. The monoisotopic (exact) mass is 501 g/mol. The lowest BCUT2D eigenvalue weighted by molar-refractivity contribution is -0.189. The van der Waals surface area contributed by atoms with Crippen LogP contribution in [-0.4, -0.2) is 56.0 Å². The molecule has 1 N–H and O–H groups in total. The summed E-state index contributed by atoms with van der Waals surface area (Å²) in [4.78, 5) is 13.5. The maximum absolute atomic E-state index is 13.1. The molecule has 8 nitrogen and oxygen atoms in total. The number of pyridine rings is 1. The van der Waals surface area contributed by atoms with Crippen LogP contribution < -0.4 is 15.0 Å². The summed E-state index contributed by atoms with van der Waals surface area (Å²) in [5.41, 5.74) is -0.407. The lowest BCUT2D eigenvalue weighted by atomic mass is 9.92. The van der Waals surface area contributed by atoms with E-state index in [4.69, 9.17) is 4.74 Å². The highest BCUT2D eigenvalue weighted by Crippen LogP contribution is 2.41. The summed E-state index contributed by atoms with van der Waals surface area (Å²) in [6.45, 7) is 1.97. The van der Waals surface area contributed by atoms with E-state index < -0.39 is 24.2 Å². The number of piperidine rings is 1. The van der Waals surface area contributed by atoms with Crippen LogP contribution in [0.3, 0.4) is 0 Å². The molecule has 188 valence electrons. The zero-order valence-corrected chi connectivity index (χ0v) is 18.4. The van der Waals surface area contributed by atoms with Gasteiger partial charge in [0.25, 0.3) is 5.88 Å². The van der Waals surface area contributed by atoms with Crippen LogP contribution in [0.25, 0.3) is 5.65 Å². The Morgan fingerprint density at radius 2 is 1.77 bits per heavy atom. The van der Waals surface area contributed by atoms with Crippen LogP contribution in [0.15, 0.2) is 30.7 Å². The van der Waals surface area contributed by atoms with Gasteiger partial charge in [0.05, 0.1) is 0 Å². The van der Waals surface area contributed by atoms with Crippen LogP contribution in [-0.2, 0) is 6.18 Å². The molecule has 4 heterocycles. The summed E-state index contributed by atoms with van der Waals surface area (Å²) in [5, 5.41) is 7.58. The number of anilines is 2. The second kappa shape index (κ2) is 8.41. The van der Waals surface area contributed by atoms with Gasteiger partial charge in [-0.05, 0) is 43.7 Å². The van der Waals surface area contributed by atoms with Gasteiger partial charge in [-0.2, -0.15) is 31.3 Å². The lowest BCUT2D eigenvalue weighted by Crippen LogP contribution is -2.48. The van der Waals surface area contributed by atoms with Crippen LogP contribution in [0.1, 0.15) is 25.5 Å². The summed E-state index contributed by atoms with van der Waals surface area (Å²) in [6, 6.07) is 2.61. The molecule has 5 rings (SSSR count). The molecule has 1 saturated heterocycles. The maximum Gasteiger partial charge on any atom is 0.433 e. The Labute approximate surface area is 195 Å². The molecule has 3 aromatic heterocycles. The number of nitrogens with one attached hydrogen (secondary N) is 1. The molecule has 2 fully saturated rings. The molecule has 1 unspecified atom stereocenters. The fourth-order valence-corrected chi connectivity index (χ4v) is 4.76. The van der Waals surface area contributed by atoms with E-state index in [2.05, 4.69) is 25.4 Å². The van der Waals surface area contributed by atoms with Gasteiger partial charge in [-0.15, -0.1) is 5.10 Å². The zero-order chi connectivity index (χ0) is 25.0. The Hall–Kier alpha value is -3.32. The van der Waals surface area contributed by atoms with E-state index in [0.717, 1.165) is 25.8 Å². The number of nitrogens with zero attached hydrogens (tertiary/aromatic N) is 6. The van der Waals surface area contributed by atoms with E-state index in [9.17, 15) is 26.3 Å². The molecule has 35 heavy (non-hydrogen) atoms. The first-order chi connectivity index (χ1) is 16.5. The van der Waals surface area contributed by atoms with Crippen LogP contribution in [0.2, 0.25) is 0 Å². The third-order valence-corrected chi connectivity index (χ3v) is 6.50. The Morgan fingerprint density at radius 3 is 2.43 bits per heavy atom. The predicted octanol–water partition coefficient (Wildman–Crippen LogP) is 4.19. The van der Waals surface area contributed by atoms with Crippen molar-refractivity contribution in [1.29, 1.82) is 0 Å². The average molecular weight is 501 g/mol. The topological polar surface area (TPSA) is 80.5 Å². The van der Waals surface area contributed by atoms with Crippen molar-refractivity contribution in [2.45, 2.75) is 44.3 Å². The molecule has 2 aliphatic rings. The van der Waals surface area contributed by atoms with Crippen LogP contribution >= 0.6 is 0 Å². The predicted molar refractivity (Wildman–Crippen MR) is 112 cm³/mol. The van der Waals surface area contributed by atoms with Gasteiger partial charge in [-0.25, -0.2) is 9.50 Å². The van der Waals surface area contributed by atoms with E-state index in [1.54, 1.807) is 6.07 Å². The smallest absolute Gasteiger partial charge is 0.433 e. The summed E-state index contributed by atoms with van der Waals surface area (Å²) >= 11 is 0. The van der Waals surface area contributed by atoms with Crippen molar-refractivity contribution in [1.82, 2.24) is 24.6 Å². The minimum atomic E-state index is -4.56. The highest BCUT2D eigenvalue weighted by molar-refractivity contribution is 5.53. The van der Waals surface area contributed by atoms with Crippen molar-refractivity contribution in [3.8, 4) is 5.88 Å². The standard InChI is InChI=1S/C21H21F6N7O/c1-11(20(22,23)24)35-18-17-31-19(32-34(17)7-6-29-18)30-16-12-2-3-13(16)10-33(9-12)14-4-5-28-15(8-14)21(25,26)27/h4-8,11-13,16H,2-3,9-10H2,1H3,(H,30,32)/t11?,12-,13+,16-. The van der Waals surface area contributed by atoms with Gasteiger partial charge in [-0.3, -0.25) is 4.98 Å². The second-order valence-corrected chi connectivity index (χ2v) is 8.81. The first-order valence-electron chi connectivity index (χ1n) is 11.0. The molecule has 0 spiro atoms. The Morgan fingerprint density at radius 1 is 1.06 bits per heavy atom. The van der Waals surface area contributed by atoms with Gasteiger partial charge in [0.15, 0.2) is 6.10 Å². The Balaban J connectivity index is 1.32. The van der Waals surface area contributed by atoms with Crippen molar-refractivity contribution >= 4 is 17.3 Å². The third kappa shape index (κ3) is 4.65. The molecular weight excluding hydrogens is 480 g/mol. The zero-order valence-electron chi connectivity index (χ0n) is 18.4. The third-order valence-electron chi connectivity index (χ3n) is 6.50. The van der Waals surface area contributed by atoms with Crippen molar-refractivity contribution in [3.05, 3.63) is 36.4 Å². The molecule has 1 saturated carbocycles. The Bertz CT molecular complexity index is 1200. The number of alkyl halides is 6. The first kappa shape index (κ1) is 23.4. The van der Waals surface area contributed by atoms with E-state index in [0.29, 0.717) is 18.8 Å². The SMILES string of the molecule is CC(Oc1nccn2nc(N[C@@H]3[C@@H]4CC[C@H]3CN(c3ccnc(C(F)(F)F)c3)C4)nc12)C(F)(F)F. The number of hydrogen-bond acceptors (Lipinski definition) is 7. The lowest BCUT2D eigenvalue weighted by Gasteiger charge is -2.39. The van der Waals surface area contributed by atoms with Gasteiger partial charge in [0, 0.05) is 43.4 Å². The summed E-state index contributed by atoms with van der Waals surface area (Å²) in [6.07, 6.45) is -5.49. The quantitative estimate of drug-likeness (QED) is 0.525. The number of hydrogen-bond donors (Lipinski definition) is 1. The largest absolute Gasteiger partial charge is 0.462 e. The molecule has 1 aliphatic heterocycles. The van der Waals surface area contributed by atoms with E-state index >= 15 is 0 Å². The van der Waals surface area contributed by atoms with Crippen LogP contribution in [0.4, 0.5) is 38.0 Å². The highest BCUT2D eigenvalue weighted by Gasteiger charge is 2.43. The molecule has 0 amide bonds. The van der Waals surface area contributed by atoms with Gasteiger partial charge in [0.1, 0.15) is 5.69 Å². The first-order valence-corrected chi connectivity index (χ1v) is 11.0. The number of ether oxygens (including phenoxy) is 1. The van der Waals surface area contributed by atoms with Crippen molar-refractivity contribution in [2.75, 3.05) is 23.3 Å². The van der Waals surface area contributed by atoms with Crippen LogP contribution in [0.5, 0.6) is 5.88 Å². The molecule has 2 bridgehead atoms. The number of halogens is 6. The van der Waals surface area contributed by atoms with Gasteiger partial charge in [-0.1, -0.05) is 0 Å². The molecular formula is C21H21F6N7O. The fraction of sp³-hybridized carbons (Fsp3) is 0.524. The average Bonchev–Trinajstić information content (AvgIpc) is 3.29. The summed E-state index contributed by atoms with van der Waals surface area (Å²) in [7, 11) is 0. The maximum atomic E-state index is 13.1. The Kier molecular flexibility index (Phi) is 5.63.